The van der Waals surface area contributed by atoms with Gasteiger partial charge in [0.05, 0.1) is 11.4 Å². The number of pyridine rings is 1. The first-order valence-corrected chi connectivity index (χ1v) is 9.96. The van der Waals surface area contributed by atoms with Gasteiger partial charge in [-0.3, -0.25) is 4.79 Å². The van der Waals surface area contributed by atoms with Crippen LogP contribution in [0.1, 0.15) is 21.6 Å². The summed E-state index contributed by atoms with van der Waals surface area (Å²) in [5.74, 6) is 0.348. The molecule has 0 bridgehead atoms. The second-order valence-corrected chi connectivity index (χ2v) is 7.28. The molecule has 2 aromatic carbocycles. The number of hydrogen-bond donors (Lipinski definition) is 1. The van der Waals surface area contributed by atoms with Crippen LogP contribution >= 0.6 is 0 Å². The van der Waals surface area contributed by atoms with Gasteiger partial charge in [-0.15, -0.1) is 5.10 Å². The van der Waals surface area contributed by atoms with Crippen molar-refractivity contribution in [1.29, 1.82) is 0 Å². The Morgan fingerprint density at radius 1 is 1.06 bits per heavy atom. The molecule has 1 amide bonds. The molecule has 0 aliphatic carbocycles. The third kappa shape index (κ3) is 4.17. The molecular weight excluding hydrogens is 406 g/mol. The van der Waals surface area contributed by atoms with E-state index >= 15 is 0 Å². The fourth-order valence-corrected chi connectivity index (χ4v) is 3.32. The molecular formula is C23H19N7O2. The van der Waals surface area contributed by atoms with Gasteiger partial charge < -0.3 is 14.5 Å². The second kappa shape index (κ2) is 8.31. The van der Waals surface area contributed by atoms with Crippen LogP contribution in [-0.4, -0.2) is 35.5 Å². The van der Waals surface area contributed by atoms with Crippen LogP contribution in [0.4, 0.5) is 5.69 Å². The van der Waals surface area contributed by atoms with E-state index in [-0.39, 0.29) is 5.91 Å². The smallest absolute Gasteiger partial charge is 0.255 e. The Kier molecular flexibility index (Phi) is 5.04. The second-order valence-electron chi connectivity index (χ2n) is 7.28. The van der Waals surface area contributed by atoms with E-state index < -0.39 is 0 Å². The molecule has 5 aromatic rings. The van der Waals surface area contributed by atoms with Gasteiger partial charge in [-0.2, -0.15) is 0 Å². The normalized spacial score (nSPS) is 10.9. The number of ether oxygens (including phenoxy) is 1. The zero-order valence-corrected chi connectivity index (χ0v) is 17.2. The van der Waals surface area contributed by atoms with Crippen LogP contribution in [0.2, 0.25) is 0 Å². The van der Waals surface area contributed by atoms with Crippen molar-refractivity contribution >= 4 is 17.2 Å². The third-order valence-electron chi connectivity index (χ3n) is 4.85. The lowest BCUT2D eigenvalue weighted by atomic mass is 10.2. The number of rotatable bonds is 6. The molecule has 0 unspecified atom stereocenters. The first-order valence-electron chi connectivity index (χ1n) is 9.96. The van der Waals surface area contributed by atoms with Crippen molar-refractivity contribution in [2.45, 2.75) is 13.5 Å². The molecule has 0 saturated carbocycles. The number of nitrogens with one attached hydrogen (secondary N) is 1. The van der Waals surface area contributed by atoms with Crippen molar-refractivity contribution in [3.8, 4) is 11.4 Å². The highest BCUT2D eigenvalue weighted by Gasteiger charge is 2.09. The Morgan fingerprint density at radius 3 is 2.84 bits per heavy atom. The van der Waals surface area contributed by atoms with Crippen molar-refractivity contribution in [3.05, 3.63) is 96.2 Å². The van der Waals surface area contributed by atoms with Crippen LogP contribution in [0, 0.1) is 6.92 Å². The summed E-state index contributed by atoms with van der Waals surface area (Å²) in [6.45, 7) is 2.34. The number of anilines is 1. The number of aromatic nitrogens is 6. The SMILES string of the molecule is Cc1ccc2nc(COc3cccc(C(=O)Nc4cccc(-n5cnnn5)c4)c3)cn2c1. The molecule has 0 radical (unpaired) electrons. The first-order chi connectivity index (χ1) is 15.6. The van der Waals surface area contributed by atoms with Gasteiger partial charge in [0.2, 0.25) is 0 Å². The highest BCUT2D eigenvalue weighted by molar-refractivity contribution is 6.04. The van der Waals surface area contributed by atoms with Crippen LogP contribution < -0.4 is 10.1 Å². The highest BCUT2D eigenvalue weighted by atomic mass is 16.5. The third-order valence-corrected chi connectivity index (χ3v) is 4.85. The molecule has 5 rings (SSSR count). The van der Waals surface area contributed by atoms with Gasteiger partial charge >= 0.3 is 0 Å². The number of imidazole rings is 1. The number of carbonyl (C=O) groups excluding carboxylic acids is 1. The summed E-state index contributed by atoms with van der Waals surface area (Å²) in [6.07, 6.45) is 5.45. The van der Waals surface area contributed by atoms with E-state index in [0.717, 1.165) is 22.6 Å². The Balaban J connectivity index is 1.27. The van der Waals surface area contributed by atoms with E-state index in [1.165, 1.54) is 11.0 Å². The van der Waals surface area contributed by atoms with Crippen molar-refractivity contribution in [3.63, 3.8) is 0 Å². The van der Waals surface area contributed by atoms with Crippen LogP contribution in [0.15, 0.2) is 79.4 Å². The van der Waals surface area contributed by atoms with Gasteiger partial charge in [0.25, 0.3) is 5.91 Å². The van der Waals surface area contributed by atoms with Crippen LogP contribution in [-0.2, 0) is 6.61 Å². The minimum Gasteiger partial charge on any atom is -0.487 e. The topological polar surface area (TPSA) is 99.2 Å². The molecule has 3 heterocycles. The van der Waals surface area contributed by atoms with Gasteiger partial charge in [0, 0.05) is 23.6 Å². The number of benzene rings is 2. The molecule has 32 heavy (non-hydrogen) atoms. The monoisotopic (exact) mass is 425 g/mol. The lowest BCUT2D eigenvalue weighted by molar-refractivity contribution is 0.102. The number of hydrogen-bond acceptors (Lipinski definition) is 6. The van der Waals surface area contributed by atoms with E-state index in [1.807, 2.05) is 54.0 Å². The van der Waals surface area contributed by atoms with Gasteiger partial charge in [0.15, 0.2) is 0 Å². The molecule has 0 spiro atoms. The lowest BCUT2D eigenvalue weighted by Gasteiger charge is -2.09. The molecule has 0 aliphatic rings. The number of amides is 1. The van der Waals surface area contributed by atoms with E-state index in [9.17, 15) is 4.79 Å². The zero-order valence-electron chi connectivity index (χ0n) is 17.2. The average molecular weight is 425 g/mol. The molecule has 0 atom stereocenters. The lowest BCUT2D eigenvalue weighted by Crippen LogP contribution is -2.12. The van der Waals surface area contributed by atoms with Gasteiger partial charge in [-0.1, -0.05) is 18.2 Å². The molecule has 158 valence electrons. The number of fused-ring (bicyclic) bond motifs is 1. The summed E-state index contributed by atoms with van der Waals surface area (Å²) in [4.78, 5) is 17.3. The maximum Gasteiger partial charge on any atom is 0.255 e. The Bertz CT molecular complexity index is 1390. The number of tetrazole rings is 1. The minimum absolute atomic E-state index is 0.243. The molecule has 1 N–H and O–H groups in total. The summed E-state index contributed by atoms with van der Waals surface area (Å²) in [6, 6.07) is 18.3. The molecule has 9 nitrogen and oxygen atoms in total. The van der Waals surface area contributed by atoms with Gasteiger partial charge in [-0.05, 0) is 65.4 Å². The highest BCUT2D eigenvalue weighted by Crippen LogP contribution is 2.18. The van der Waals surface area contributed by atoms with E-state index in [1.54, 1.807) is 30.3 Å². The summed E-state index contributed by atoms with van der Waals surface area (Å²) < 4.78 is 9.37. The number of nitrogens with zero attached hydrogens (tertiary/aromatic N) is 6. The van der Waals surface area contributed by atoms with E-state index in [0.29, 0.717) is 23.6 Å². The minimum atomic E-state index is -0.243. The molecule has 0 saturated heterocycles. The maximum absolute atomic E-state index is 12.8. The predicted octanol–water partition coefficient (Wildman–Crippen LogP) is 3.45. The summed E-state index contributed by atoms with van der Waals surface area (Å²) in [7, 11) is 0. The fraction of sp³-hybridized carbons (Fsp3) is 0.0870. The molecule has 0 fully saturated rings. The number of aryl methyl sites for hydroxylation is 1. The molecule has 3 aromatic heterocycles. The van der Waals surface area contributed by atoms with Crippen molar-refractivity contribution in [2.24, 2.45) is 0 Å². The predicted molar refractivity (Wildman–Crippen MR) is 118 cm³/mol. The summed E-state index contributed by atoms with van der Waals surface area (Å²) in [5.41, 5.74) is 4.70. The summed E-state index contributed by atoms with van der Waals surface area (Å²) >= 11 is 0. The fourth-order valence-electron chi connectivity index (χ4n) is 3.32. The van der Waals surface area contributed by atoms with Crippen molar-refractivity contribution in [1.82, 2.24) is 29.6 Å². The average Bonchev–Trinajstić information content (AvgIpc) is 3.48. The van der Waals surface area contributed by atoms with Gasteiger partial charge in [0.1, 0.15) is 24.3 Å². The Hall–Kier alpha value is -4.53. The van der Waals surface area contributed by atoms with E-state index in [4.69, 9.17) is 4.74 Å². The quantitative estimate of drug-likeness (QED) is 0.447. The van der Waals surface area contributed by atoms with Crippen molar-refractivity contribution < 1.29 is 9.53 Å². The number of carbonyl (C=O) groups is 1. The molecule has 9 heteroatoms. The van der Waals surface area contributed by atoms with Crippen LogP contribution in [0.25, 0.3) is 11.3 Å². The maximum atomic E-state index is 12.8. The Morgan fingerprint density at radius 2 is 1.97 bits per heavy atom. The Labute approximate surface area is 183 Å². The van der Waals surface area contributed by atoms with Crippen molar-refractivity contribution in [2.75, 3.05) is 5.32 Å². The standard InChI is InChI=1S/C23H19N7O2/c1-16-8-9-22-25-19(13-29(22)12-16)14-32-21-7-2-4-17(10-21)23(31)26-18-5-3-6-20(11-18)30-15-24-27-28-30/h2-13,15H,14H2,1H3,(H,26,31). The van der Waals surface area contributed by atoms with Crippen LogP contribution in [0.5, 0.6) is 5.75 Å². The first kappa shape index (κ1) is 19.4. The van der Waals surface area contributed by atoms with Gasteiger partial charge in [-0.25, -0.2) is 9.67 Å². The largest absolute Gasteiger partial charge is 0.487 e. The zero-order chi connectivity index (χ0) is 21.9. The van der Waals surface area contributed by atoms with E-state index in [2.05, 4.69) is 25.8 Å². The summed E-state index contributed by atoms with van der Waals surface area (Å²) in [5, 5.41) is 14.0. The molecule has 0 aliphatic heterocycles. The van der Waals surface area contributed by atoms with Crippen LogP contribution in [0.3, 0.4) is 0 Å².